The fourth-order valence-electron chi connectivity index (χ4n) is 2.91. The average molecular weight is 359 g/mol. The van der Waals surface area contributed by atoms with Crippen LogP contribution in [-0.2, 0) is 9.84 Å². The maximum Gasteiger partial charge on any atom is 0.288 e. The Morgan fingerprint density at radius 1 is 1.26 bits per heavy atom. The Kier molecular flexibility index (Phi) is 4.05. The number of amides is 1. The molecule has 7 nitrogen and oxygen atoms in total. The van der Waals surface area contributed by atoms with Gasteiger partial charge in [0.05, 0.1) is 16.4 Å². The van der Waals surface area contributed by atoms with E-state index in [2.05, 4.69) is 0 Å². The number of carbonyl (C=O) groups excluding carboxylic acids is 1. The monoisotopic (exact) mass is 358 g/mol. The molecule has 1 aliphatic heterocycles. The molecule has 2 aliphatic rings. The quantitative estimate of drug-likeness (QED) is 0.606. The summed E-state index contributed by atoms with van der Waals surface area (Å²) in [5.41, 5.74) is -0.162. The molecule has 0 aromatic heterocycles. The number of halogens is 1. The first-order valence-corrected chi connectivity index (χ1v) is 9.45. The highest BCUT2D eigenvalue weighted by atomic mass is 35.5. The molecule has 1 unspecified atom stereocenters. The number of nitro groups is 1. The zero-order chi connectivity index (χ0) is 16.8. The largest absolute Gasteiger partial charge is 0.332 e. The van der Waals surface area contributed by atoms with Crippen molar-refractivity contribution in [3.63, 3.8) is 0 Å². The molecule has 23 heavy (non-hydrogen) atoms. The summed E-state index contributed by atoms with van der Waals surface area (Å²) >= 11 is 5.77. The summed E-state index contributed by atoms with van der Waals surface area (Å²) < 4.78 is 23.4. The van der Waals surface area contributed by atoms with Gasteiger partial charge in [-0.25, -0.2) is 8.42 Å². The van der Waals surface area contributed by atoms with Crippen molar-refractivity contribution in [1.29, 1.82) is 0 Å². The van der Waals surface area contributed by atoms with Crippen LogP contribution in [0.15, 0.2) is 18.2 Å². The second kappa shape index (κ2) is 5.76. The molecule has 1 heterocycles. The standard InChI is InChI=1S/C14H15ClN2O5S/c15-12-4-1-9(7-13(12)17(19)20)14(18)16(10-2-3-10)11-5-6-23(21,22)8-11/h1,4,7,10-11H,2-3,5-6,8H2. The number of nitro benzene ring substituents is 1. The fourth-order valence-corrected chi connectivity index (χ4v) is 4.81. The average Bonchev–Trinajstić information content (AvgIpc) is 3.23. The molecule has 0 N–H and O–H groups in total. The number of nitrogens with zero attached hydrogens (tertiary/aromatic N) is 2. The van der Waals surface area contributed by atoms with Crippen molar-refractivity contribution in [3.8, 4) is 0 Å². The van der Waals surface area contributed by atoms with Gasteiger partial charge in [-0.3, -0.25) is 14.9 Å². The predicted molar refractivity (Wildman–Crippen MR) is 84.4 cm³/mol. The van der Waals surface area contributed by atoms with Crippen LogP contribution in [0.1, 0.15) is 29.6 Å². The number of carbonyl (C=O) groups is 1. The van der Waals surface area contributed by atoms with E-state index in [0.29, 0.717) is 6.42 Å². The molecule has 1 aliphatic carbocycles. The summed E-state index contributed by atoms with van der Waals surface area (Å²) in [6.07, 6.45) is 2.08. The molecule has 124 valence electrons. The van der Waals surface area contributed by atoms with Gasteiger partial charge in [0.25, 0.3) is 11.6 Å². The lowest BCUT2D eigenvalue weighted by Gasteiger charge is -2.28. The van der Waals surface area contributed by atoms with Crippen molar-refractivity contribution in [1.82, 2.24) is 4.90 Å². The fraction of sp³-hybridized carbons (Fsp3) is 0.500. The molecule has 1 aromatic rings. The van der Waals surface area contributed by atoms with Crippen molar-refractivity contribution in [2.24, 2.45) is 0 Å². The van der Waals surface area contributed by atoms with Crippen LogP contribution in [0.4, 0.5) is 5.69 Å². The molecule has 0 bridgehead atoms. The molecule has 3 rings (SSSR count). The zero-order valence-electron chi connectivity index (χ0n) is 12.1. The first-order valence-electron chi connectivity index (χ1n) is 7.25. The normalized spacial score (nSPS) is 22.7. The Hall–Kier alpha value is -1.67. The van der Waals surface area contributed by atoms with Crippen LogP contribution in [-0.4, -0.2) is 47.7 Å². The molecule has 0 spiro atoms. The minimum Gasteiger partial charge on any atom is -0.332 e. The third-order valence-electron chi connectivity index (χ3n) is 4.17. The summed E-state index contributed by atoms with van der Waals surface area (Å²) in [4.78, 5) is 24.7. The highest BCUT2D eigenvalue weighted by Crippen LogP contribution is 2.34. The van der Waals surface area contributed by atoms with Crippen molar-refractivity contribution in [3.05, 3.63) is 38.9 Å². The van der Waals surface area contributed by atoms with E-state index in [1.165, 1.54) is 12.1 Å². The second-order valence-corrected chi connectivity index (χ2v) is 8.56. The van der Waals surface area contributed by atoms with Crippen LogP contribution >= 0.6 is 11.6 Å². The Bertz CT molecular complexity index is 775. The molecular formula is C14H15ClN2O5S. The lowest BCUT2D eigenvalue weighted by atomic mass is 10.1. The summed E-state index contributed by atoms with van der Waals surface area (Å²) in [5, 5.41) is 10.9. The van der Waals surface area contributed by atoms with Gasteiger partial charge >= 0.3 is 0 Å². The Morgan fingerprint density at radius 2 is 1.96 bits per heavy atom. The van der Waals surface area contributed by atoms with Crippen molar-refractivity contribution in [2.75, 3.05) is 11.5 Å². The van der Waals surface area contributed by atoms with Gasteiger partial charge in [0, 0.05) is 23.7 Å². The third kappa shape index (κ3) is 3.32. The Balaban J connectivity index is 1.91. The number of hydrogen-bond acceptors (Lipinski definition) is 5. The minimum atomic E-state index is -3.11. The molecule has 1 saturated heterocycles. The summed E-state index contributed by atoms with van der Waals surface area (Å²) in [6.45, 7) is 0. The van der Waals surface area contributed by atoms with E-state index in [0.717, 1.165) is 18.9 Å². The number of benzene rings is 1. The van der Waals surface area contributed by atoms with E-state index in [-0.39, 0.29) is 45.8 Å². The first-order chi connectivity index (χ1) is 10.8. The molecule has 0 radical (unpaired) electrons. The van der Waals surface area contributed by atoms with Gasteiger partial charge in [-0.05, 0) is 31.4 Å². The highest BCUT2D eigenvalue weighted by molar-refractivity contribution is 7.91. The number of hydrogen-bond donors (Lipinski definition) is 0. The Labute approximate surface area is 138 Å². The number of sulfone groups is 1. The number of rotatable bonds is 4. The van der Waals surface area contributed by atoms with E-state index in [1.54, 1.807) is 4.90 Å². The lowest BCUT2D eigenvalue weighted by molar-refractivity contribution is -0.384. The van der Waals surface area contributed by atoms with Crippen molar-refractivity contribution in [2.45, 2.75) is 31.3 Å². The molecular weight excluding hydrogens is 344 g/mol. The van der Waals surface area contributed by atoms with Gasteiger partial charge in [-0.1, -0.05) is 11.6 Å². The maximum absolute atomic E-state index is 12.8. The molecule has 1 aromatic carbocycles. The van der Waals surface area contributed by atoms with Crippen LogP contribution in [0.3, 0.4) is 0 Å². The van der Waals surface area contributed by atoms with E-state index >= 15 is 0 Å². The second-order valence-electron chi connectivity index (χ2n) is 5.92. The topological polar surface area (TPSA) is 97.6 Å². The van der Waals surface area contributed by atoms with E-state index in [9.17, 15) is 23.3 Å². The SMILES string of the molecule is O=C(c1ccc(Cl)c([N+](=O)[O-])c1)N(C1CC1)C1CCS(=O)(=O)C1. The maximum atomic E-state index is 12.8. The molecule has 2 fully saturated rings. The van der Waals surface area contributed by atoms with E-state index in [4.69, 9.17) is 11.6 Å². The van der Waals surface area contributed by atoms with Crippen LogP contribution in [0, 0.1) is 10.1 Å². The first kappa shape index (κ1) is 16.2. The van der Waals surface area contributed by atoms with Crippen LogP contribution < -0.4 is 0 Å². The highest BCUT2D eigenvalue weighted by Gasteiger charge is 2.42. The molecule has 9 heteroatoms. The van der Waals surface area contributed by atoms with E-state index in [1.807, 2.05) is 0 Å². The van der Waals surface area contributed by atoms with Crippen LogP contribution in [0.2, 0.25) is 5.02 Å². The zero-order valence-corrected chi connectivity index (χ0v) is 13.7. The van der Waals surface area contributed by atoms with Gasteiger partial charge in [0.2, 0.25) is 0 Å². The summed E-state index contributed by atoms with van der Waals surface area (Å²) in [6, 6.07) is 3.59. The smallest absolute Gasteiger partial charge is 0.288 e. The minimum absolute atomic E-state index is 0.0236. The van der Waals surface area contributed by atoms with Gasteiger partial charge in [0.1, 0.15) is 5.02 Å². The molecule has 1 atom stereocenters. The molecule has 1 amide bonds. The predicted octanol–water partition coefficient (Wildman–Crippen LogP) is 2.04. The van der Waals surface area contributed by atoms with Crippen LogP contribution in [0.25, 0.3) is 0 Å². The van der Waals surface area contributed by atoms with Crippen molar-refractivity contribution >= 4 is 33.0 Å². The summed E-state index contributed by atoms with van der Waals surface area (Å²) in [5.74, 6) is -0.325. The van der Waals surface area contributed by atoms with Gasteiger partial charge < -0.3 is 4.90 Å². The van der Waals surface area contributed by atoms with Gasteiger partial charge in [-0.2, -0.15) is 0 Å². The lowest BCUT2D eigenvalue weighted by Crippen LogP contribution is -2.42. The van der Waals surface area contributed by atoms with Gasteiger partial charge in [-0.15, -0.1) is 0 Å². The van der Waals surface area contributed by atoms with Crippen LogP contribution in [0.5, 0.6) is 0 Å². The van der Waals surface area contributed by atoms with E-state index < -0.39 is 14.8 Å². The van der Waals surface area contributed by atoms with Crippen molar-refractivity contribution < 1.29 is 18.1 Å². The third-order valence-corrected chi connectivity index (χ3v) is 6.24. The Morgan fingerprint density at radius 3 is 2.48 bits per heavy atom. The molecule has 1 saturated carbocycles. The van der Waals surface area contributed by atoms with Gasteiger partial charge in [0.15, 0.2) is 9.84 Å². The summed E-state index contributed by atoms with van der Waals surface area (Å²) in [7, 11) is -3.11.